The van der Waals surface area contributed by atoms with E-state index in [9.17, 15) is 9.59 Å². The Kier molecular flexibility index (Phi) is 6.02. The van der Waals surface area contributed by atoms with Crippen molar-refractivity contribution in [1.29, 1.82) is 0 Å². The second-order valence-corrected chi connectivity index (χ2v) is 6.35. The van der Waals surface area contributed by atoms with Crippen molar-refractivity contribution in [1.82, 2.24) is 0 Å². The van der Waals surface area contributed by atoms with E-state index in [1.54, 1.807) is 6.07 Å². The molecular weight excluding hydrogens is 350 g/mol. The molecule has 2 N–H and O–H groups in total. The lowest BCUT2D eigenvalue weighted by atomic mass is 10.0. The van der Waals surface area contributed by atoms with Gasteiger partial charge < -0.3 is 10.5 Å². The summed E-state index contributed by atoms with van der Waals surface area (Å²) in [7, 11) is 0. The number of nitrogens with two attached hydrogens (primary N) is 1. The Balaban J connectivity index is 0.000000161. The lowest BCUT2D eigenvalue weighted by molar-refractivity contribution is -0.131. The normalized spacial score (nSPS) is 10.2. The third kappa shape index (κ3) is 4.74. The molecule has 0 bridgehead atoms. The van der Waals surface area contributed by atoms with E-state index in [0.717, 1.165) is 27.1 Å². The van der Waals surface area contributed by atoms with Gasteiger partial charge in [-0.3, -0.25) is 9.59 Å². The molecule has 1 amide bonds. The van der Waals surface area contributed by atoms with Crippen molar-refractivity contribution in [2.75, 3.05) is 0 Å². The zero-order valence-electron chi connectivity index (χ0n) is 15.6. The fourth-order valence-corrected chi connectivity index (χ4v) is 3.07. The lowest BCUT2D eigenvalue weighted by Crippen LogP contribution is -2.13. The second kappa shape index (κ2) is 8.82. The van der Waals surface area contributed by atoms with Gasteiger partial charge in [0.25, 0.3) is 0 Å². The van der Waals surface area contributed by atoms with Crippen LogP contribution >= 0.6 is 0 Å². The highest BCUT2D eigenvalue weighted by molar-refractivity contribution is 5.90. The Morgan fingerprint density at radius 2 is 1.29 bits per heavy atom. The van der Waals surface area contributed by atoms with Gasteiger partial charge in [0.2, 0.25) is 5.91 Å². The molecule has 28 heavy (non-hydrogen) atoms. The van der Waals surface area contributed by atoms with E-state index >= 15 is 0 Å². The van der Waals surface area contributed by atoms with E-state index in [1.165, 1.54) is 6.92 Å². The fourth-order valence-electron chi connectivity index (χ4n) is 3.07. The van der Waals surface area contributed by atoms with Crippen LogP contribution in [0.25, 0.3) is 21.5 Å². The van der Waals surface area contributed by atoms with Crippen LogP contribution in [0, 0.1) is 0 Å². The highest BCUT2D eigenvalue weighted by Crippen LogP contribution is 2.25. The van der Waals surface area contributed by atoms with Crippen molar-refractivity contribution >= 4 is 33.4 Å². The first-order valence-corrected chi connectivity index (χ1v) is 8.96. The summed E-state index contributed by atoms with van der Waals surface area (Å²) in [4.78, 5) is 21.7. The molecule has 0 saturated heterocycles. The van der Waals surface area contributed by atoms with Gasteiger partial charge in [0.1, 0.15) is 5.75 Å². The molecule has 0 aliphatic rings. The van der Waals surface area contributed by atoms with Crippen LogP contribution in [0.3, 0.4) is 0 Å². The summed E-state index contributed by atoms with van der Waals surface area (Å²) in [5.74, 6) is 0.0401. The average Bonchev–Trinajstić information content (AvgIpc) is 2.68. The first-order valence-electron chi connectivity index (χ1n) is 8.96. The highest BCUT2D eigenvalue weighted by Gasteiger charge is 2.03. The molecule has 4 nitrogen and oxygen atoms in total. The Morgan fingerprint density at radius 1 is 0.750 bits per heavy atom. The minimum absolute atomic E-state index is 0.290. The van der Waals surface area contributed by atoms with Crippen molar-refractivity contribution in [3.05, 3.63) is 90.5 Å². The molecule has 0 aromatic heterocycles. The molecule has 0 spiro atoms. The number of hydrogen-bond acceptors (Lipinski definition) is 3. The maximum Gasteiger partial charge on any atom is 0.308 e. The molecule has 4 aromatic rings. The summed E-state index contributed by atoms with van der Waals surface area (Å²) in [5.41, 5.74) is 6.17. The van der Waals surface area contributed by atoms with Gasteiger partial charge in [-0.05, 0) is 27.8 Å². The largest absolute Gasteiger partial charge is 0.426 e. The van der Waals surface area contributed by atoms with Crippen LogP contribution in [-0.4, -0.2) is 11.9 Å². The van der Waals surface area contributed by atoms with Gasteiger partial charge in [-0.2, -0.15) is 0 Å². The Hall–Kier alpha value is -3.66. The summed E-state index contributed by atoms with van der Waals surface area (Å²) in [5, 5.41) is 4.29. The van der Waals surface area contributed by atoms with Gasteiger partial charge in [0.15, 0.2) is 0 Å². The van der Waals surface area contributed by atoms with Crippen LogP contribution in [-0.2, 0) is 16.0 Å². The van der Waals surface area contributed by atoms with E-state index in [1.807, 2.05) is 78.9 Å². The number of carbonyl (C=O) groups excluding carboxylic acids is 2. The van der Waals surface area contributed by atoms with E-state index < -0.39 is 0 Å². The van der Waals surface area contributed by atoms with Crippen LogP contribution in [0.2, 0.25) is 0 Å². The van der Waals surface area contributed by atoms with Crippen molar-refractivity contribution in [3.63, 3.8) is 0 Å². The third-order valence-corrected chi connectivity index (χ3v) is 4.25. The van der Waals surface area contributed by atoms with Crippen LogP contribution < -0.4 is 10.5 Å². The molecule has 0 atom stereocenters. The molecule has 0 saturated carbocycles. The molecule has 0 unspecified atom stereocenters. The van der Waals surface area contributed by atoms with Crippen molar-refractivity contribution in [3.8, 4) is 5.75 Å². The lowest BCUT2D eigenvalue weighted by Gasteiger charge is -2.04. The average molecular weight is 371 g/mol. The van der Waals surface area contributed by atoms with Crippen LogP contribution in [0.15, 0.2) is 84.9 Å². The van der Waals surface area contributed by atoms with Crippen molar-refractivity contribution in [2.24, 2.45) is 5.73 Å². The first-order chi connectivity index (χ1) is 13.5. The van der Waals surface area contributed by atoms with Gasteiger partial charge in [-0.1, -0.05) is 78.9 Å². The molecule has 4 aromatic carbocycles. The number of amides is 1. The van der Waals surface area contributed by atoms with Gasteiger partial charge in [0, 0.05) is 12.3 Å². The van der Waals surface area contributed by atoms with Crippen molar-refractivity contribution in [2.45, 2.75) is 13.3 Å². The highest BCUT2D eigenvalue weighted by atomic mass is 16.5. The van der Waals surface area contributed by atoms with Crippen LogP contribution in [0.1, 0.15) is 12.5 Å². The Morgan fingerprint density at radius 3 is 1.93 bits per heavy atom. The predicted molar refractivity (Wildman–Crippen MR) is 112 cm³/mol. The maximum atomic E-state index is 10.8. The molecule has 4 rings (SSSR count). The SMILES string of the molecule is CC(=O)Oc1cccc2ccccc12.NC(=O)Cc1cccc2ccccc12. The van der Waals surface area contributed by atoms with Gasteiger partial charge in [0.05, 0.1) is 6.42 Å². The third-order valence-electron chi connectivity index (χ3n) is 4.25. The van der Waals surface area contributed by atoms with Crippen LogP contribution in [0.5, 0.6) is 5.75 Å². The summed E-state index contributed by atoms with van der Waals surface area (Å²) in [6.45, 7) is 1.40. The summed E-state index contributed by atoms with van der Waals surface area (Å²) in [6, 6.07) is 27.4. The Bertz CT molecular complexity index is 1030. The summed E-state index contributed by atoms with van der Waals surface area (Å²) >= 11 is 0. The minimum Gasteiger partial charge on any atom is -0.426 e. The Labute approximate surface area is 163 Å². The minimum atomic E-state index is -0.290. The van der Waals surface area contributed by atoms with Gasteiger partial charge in [-0.25, -0.2) is 0 Å². The summed E-state index contributed by atoms with van der Waals surface area (Å²) < 4.78 is 5.09. The van der Waals surface area contributed by atoms with Gasteiger partial charge >= 0.3 is 5.97 Å². The fraction of sp³-hybridized carbons (Fsp3) is 0.0833. The molecule has 140 valence electrons. The molecule has 0 aliphatic heterocycles. The predicted octanol–water partition coefficient (Wildman–Crippen LogP) is 4.63. The first kappa shape index (κ1) is 19.1. The quantitative estimate of drug-likeness (QED) is 0.421. The number of fused-ring (bicyclic) bond motifs is 2. The molecule has 0 heterocycles. The van der Waals surface area contributed by atoms with E-state index in [-0.39, 0.29) is 11.9 Å². The van der Waals surface area contributed by atoms with Gasteiger partial charge in [-0.15, -0.1) is 0 Å². The number of benzene rings is 4. The molecule has 0 fully saturated rings. The van der Waals surface area contributed by atoms with E-state index in [4.69, 9.17) is 10.5 Å². The number of primary amides is 1. The number of hydrogen-bond donors (Lipinski definition) is 1. The standard InChI is InChI=1S/C12H11NO.C12H10O2/c13-12(14)8-10-6-3-5-9-4-1-2-7-11(9)10;1-9(13)14-12-8-4-6-10-5-2-3-7-11(10)12/h1-7H,8H2,(H2,13,14);2-8H,1H3. The van der Waals surface area contributed by atoms with E-state index in [2.05, 4.69) is 0 Å². The number of ether oxygens (including phenoxy) is 1. The smallest absolute Gasteiger partial charge is 0.308 e. The van der Waals surface area contributed by atoms with Crippen LogP contribution in [0.4, 0.5) is 0 Å². The zero-order chi connectivity index (χ0) is 19.9. The zero-order valence-corrected chi connectivity index (χ0v) is 15.6. The number of carbonyl (C=O) groups is 2. The molecule has 0 aliphatic carbocycles. The topological polar surface area (TPSA) is 69.4 Å². The van der Waals surface area contributed by atoms with E-state index in [0.29, 0.717) is 12.2 Å². The molecule has 4 heteroatoms. The number of esters is 1. The number of rotatable bonds is 3. The molecule has 0 radical (unpaired) electrons. The second-order valence-electron chi connectivity index (χ2n) is 6.35. The summed E-state index contributed by atoms with van der Waals surface area (Å²) in [6.07, 6.45) is 0.307. The monoisotopic (exact) mass is 371 g/mol. The maximum absolute atomic E-state index is 10.8. The van der Waals surface area contributed by atoms with Crippen molar-refractivity contribution < 1.29 is 14.3 Å². The molecular formula is C24H21NO3.